The van der Waals surface area contributed by atoms with Crippen LogP contribution in [0.1, 0.15) is 69.8 Å². The summed E-state index contributed by atoms with van der Waals surface area (Å²) >= 11 is 6.19. The molecule has 2 rings (SSSR count). The number of aryl methyl sites for hydroxylation is 1. The molecule has 0 saturated heterocycles. The highest BCUT2D eigenvalue weighted by molar-refractivity contribution is 6.30. The predicted octanol–water partition coefficient (Wildman–Crippen LogP) is 4.22. The number of aromatic nitrogens is 2. The van der Waals surface area contributed by atoms with Gasteiger partial charge in [-0.1, -0.05) is 50.6 Å². The molecule has 1 fully saturated rings. The molecule has 0 unspecified atom stereocenters. The summed E-state index contributed by atoms with van der Waals surface area (Å²) < 4.78 is 0. The van der Waals surface area contributed by atoms with Crippen molar-refractivity contribution in [2.24, 2.45) is 0 Å². The Kier molecular flexibility index (Phi) is 6.18. The molecule has 1 saturated carbocycles. The molecule has 1 aliphatic rings. The first-order chi connectivity index (χ1) is 9.29. The van der Waals surface area contributed by atoms with Gasteiger partial charge < -0.3 is 10.3 Å². The van der Waals surface area contributed by atoms with Crippen molar-refractivity contribution in [2.45, 2.75) is 77.3 Å². The Hall–Kier alpha value is -0.540. The number of unbranched alkanes of at least 4 members (excludes halogenated alkanes) is 1. The lowest BCUT2D eigenvalue weighted by Crippen LogP contribution is -2.28. The molecule has 0 amide bonds. The van der Waals surface area contributed by atoms with Crippen LogP contribution in [0.4, 0.5) is 0 Å². The largest absolute Gasteiger partial charge is 0.344 e. The Morgan fingerprint density at radius 1 is 1.26 bits per heavy atom. The van der Waals surface area contributed by atoms with Gasteiger partial charge in [0.25, 0.3) is 0 Å². The summed E-state index contributed by atoms with van der Waals surface area (Å²) in [5, 5.41) is 4.28. The second-order valence-electron chi connectivity index (χ2n) is 5.63. The van der Waals surface area contributed by atoms with Crippen molar-refractivity contribution < 1.29 is 0 Å². The van der Waals surface area contributed by atoms with Crippen LogP contribution in [-0.2, 0) is 13.0 Å². The van der Waals surface area contributed by atoms with E-state index in [0.29, 0.717) is 11.2 Å². The van der Waals surface area contributed by atoms with Gasteiger partial charge >= 0.3 is 0 Å². The maximum atomic E-state index is 6.19. The number of nitrogens with zero attached hydrogens (tertiary/aromatic N) is 1. The number of H-pyrrole nitrogens is 1. The van der Waals surface area contributed by atoms with Crippen LogP contribution in [0.5, 0.6) is 0 Å². The Balaban J connectivity index is 1.82. The first-order valence-electron chi connectivity index (χ1n) is 7.76. The zero-order chi connectivity index (χ0) is 13.5. The number of aromatic amines is 1. The van der Waals surface area contributed by atoms with Gasteiger partial charge in [-0.25, -0.2) is 4.98 Å². The molecule has 2 N–H and O–H groups in total. The molecular weight excluding hydrogens is 258 g/mol. The van der Waals surface area contributed by atoms with E-state index in [1.165, 1.54) is 51.4 Å². The van der Waals surface area contributed by atoms with Gasteiger partial charge in [0.1, 0.15) is 5.82 Å². The lowest BCUT2D eigenvalue weighted by atomic mass is 10.1. The Bertz CT molecular complexity index is 367. The molecule has 0 atom stereocenters. The van der Waals surface area contributed by atoms with E-state index >= 15 is 0 Å². The lowest BCUT2D eigenvalue weighted by molar-refractivity contribution is 0.456. The third-order valence-corrected chi connectivity index (χ3v) is 4.28. The number of imidazole rings is 1. The Morgan fingerprint density at radius 2 is 2.00 bits per heavy atom. The van der Waals surface area contributed by atoms with Crippen molar-refractivity contribution in [1.29, 1.82) is 0 Å². The third kappa shape index (κ3) is 4.81. The second kappa shape index (κ2) is 7.91. The molecule has 3 nitrogen and oxygen atoms in total. The van der Waals surface area contributed by atoms with E-state index < -0.39 is 0 Å². The Morgan fingerprint density at radius 3 is 2.68 bits per heavy atom. The van der Waals surface area contributed by atoms with E-state index in [0.717, 1.165) is 24.5 Å². The third-order valence-electron chi connectivity index (χ3n) is 3.97. The second-order valence-corrected chi connectivity index (χ2v) is 5.98. The molecule has 0 aliphatic heterocycles. The van der Waals surface area contributed by atoms with E-state index in [2.05, 4.69) is 22.2 Å². The number of halogens is 1. The van der Waals surface area contributed by atoms with Gasteiger partial charge in [0.2, 0.25) is 0 Å². The van der Waals surface area contributed by atoms with Crippen molar-refractivity contribution in [2.75, 3.05) is 0 Å². The lowest BCUT2D eigenvalue weighted by Gasteiger charge is -2.15. The van der Waals surface area contributed by atoms with Crippen molar-refractivity contribution in [3.63, 3.8) is 0 Å². The molecule has 1 heterocycles. The van der Waals surface area contributed by atoms with Crippen LogP contribution in [0.15, 0.2) is 0 Å². The minimum absolute atomic E-state index is 0.646. The van der Waals surface area contributed by atoms with E-state index in [4.69, 9.17) is 11.6 Å². The molecule has 0 aromatic carbocycles. The summed E-state index contributed by atoms with van der Waals surface area (Å²) in [6.07, 6.45) is 11.5. The van der Waals surface area contributed by atoms with Gasteiger partial charge in [0.05, 0.1) is 5.69 Å². The molecule has 108 valence electrons. The normalized spacial score (nSPS) is 17.6. The van der Waals surface area contributed by atoms with E-state index in [1.54, 1.807) is 0 Å². The molecule has 4 heteroatoms. The van der Waals surface area contributed by atoms with Crippen LogP contribution in [-0.4, -0.2) is 16.0 Å². The van der Waals surface area contributed by atoms with Gasteiger partial charge in [0, 0.05) is 19.0 Å². The number of hydrogen-bond acceptors (Lipinski definition) is 2. The quantitative estimate of drug-likeness (QED) is 0.768. The van der Waals surface area contributed by atoms with Crippen molar-refractivity contribution in [3.05, 3.63) is 16.7 Å². The fourth-order valence-electron chi connectivity index (χ4n) is 2.75. The van der Waals surface area contributed by atoms with E-state index in [1.807, 2.05) is 0 Å². The highest BCUT2D eigenvalue weighted by atomic mass is 35.5. The van der Waals surface area contributed by atoms with Crippen LogP contribution in [0.25, 0.3) is 0 Å². The first kappa shape index (κ1) is 14.9. The smallest absolute Gasteiger partial charge is 0.151 e. The summed E-state index contributed by atoms with van der Waals surface area (Å²) in [5.41, 5.74) is 1.05. The summed E-state index contributed by atoms with van der Waals surface area (Å²) in [4.78, 5) is 7.77. The van der Waals surface area contributed by atoms with Gasteiger partial charge in [-0.2, -0.15) is 0 Å². The Labute approximate surface area is 121 Å². The summed E-state index contributed by atoms with van der Waals surface area (Å²) in [6.45, 7) is 3.02. The van der Waals surface area contributed by atoms with Gasteiger partial charge in [0.15, 0.2) is 5.15 Å². The van der Waals surface area contributed by atoms with Crippen LogP contribution in [0.3, 0.4) is 0 Å². The average molecular weight is 284 g/mol. The summed E-state index contributed by atoms with van der Waals surface area (Å²) in [5.74, 6) is 1.03. The maximum absolute atomic E-state index is 6.19. The molecular formula is C15H26ClN3. The number of rotatable bonds is 6. The first-order valence-corrected chi connectivity index (χ1v) is 8.14. The minimum Gasteiger partial charge on any atom is -0.344 e. The van der Waals surface area contributed by atoms with Gasteiger partial charge in [-0.05, 0) is 19.3 Å². The fourth-order valence-corrected chi connectivity index (χ4v) is 2.97. The zero-order valence-corrected chi connectivity index (χ0v) is 12.7. The predicted molar refractivity (Wildman–Crippen MR) is 80.5 cm³/mol. The standard InChI is InChI=1S/C15H26ClN3/c1-2-3-10-14-18-13(15(16)19-14)11-17-12-8-6-4-5-7-9-12/h12,17H,2-11H2,1H3,(H,18,19). The maximum Gasteiger partial charge on any atom is 0.151 e. The summed E-state index contributed by atoms with van der Waals surface area (Å²) in [7, 11) is 0. The number of nitrogens with one attached hydrogen (secondary N) is 2. The van der Waals surface area contributed by atoms with E-state index in [9.17, 15) is 0 Å². The van der Waals surface area contributed by atoms with Crippen LogP contribution in [0, 0.1) is 0 Å². The van der Waals surface area contributed by atoms with Gasteiger partial charge in [-0.3, -0.25) is 0 Å². The van der Waals surface area contributed by atoms with Crippen LogP contribution >= 0.6 is 11.6 Å². The van der Waals surface area contributed by atoms with E-state index in [-0.39, 0.29) is 0 Å². The molecule has 1 aromatic heterocycles. The highest BCUT2D eigenvalue weighted by Crippen LogP contribution is 2.19. The monoisotopic (exact) mass is 283 g/mol. The molecule has 0 spiro atoms. The van der Waals surface area contributed by atoms with Crippen molar-refractivity contribution >= 4 is 11.6 Å². The molecule has 0 bridgehead atoms. The van der Waals surface area contributed by atoms with Crippen LogP contribution < -0.4 is 5.32 Å². The molecule has 1 aliphatic carbocycles. The highest BCUT2D eigenvalue weighted by Gasteiger charge is 2.13. The topological polar surface area (TPSA) is 40.7 Å². The SMILES string of the molecule is CCCCc1nc(Cl)c(CNC2CCCCCC2)[nH]1. The summed E-state index contributed by atoms with van der Waals surface area (Å²) in [6, 6.07) is 0.654. The fraction of sp³-hybridized carbons (Fsp3) is 0.800. The zero-order valence-electron chi connectivity index (χ0n) is 12.0. The minimum atomic E-state index is 0.646. The van der Waals surface area contributed by atoms with Crippen molar-refractivity contribution in [3.8, 4) is 0 Å². The van der Waals surface area contributed by atoms with Gasteiger partial charge in [-0.15, -0.1) is 0 Å². The molecule has 0 radical (unpaired) electrons. The molecule has 1 aromatic rings. The average Bonchev–Trinajstić information content (AvgIpc) is 2.63. The van der Waals surface area contributed by atoms with Crippen molar-refractivity contribution in [1.82, 2.24) is 15.3 Å². The molecule has 19 heavy (non-hydrogen) atoms. The van der Waals surface area contributed by atoms with Crippen LogP contribution in [0.2, 0.25) is 5.15 Å². The number of hydrogen-bond donors (Lipinski definition) is 2.